The van der Waals surface area contributed by atoms with Crippen molar-refractivity contribution in [1.29, 1.82) is 5.26 Å². The van der Waals surface area contributed by atoms with Crippen molar-refractivity contribution in [2.45, 2.75) is 38.4 Å². The average molecular weight is 327 g/mol. The van der Waals surface area contributed by atoms with Gasteiger partial charge in [-0.1, -0.05) is 36.8 Å². The fraction of sp³-hybridized carbons (Fsp3) is 0.556. The maximum atomic E-state index is 12.6. The highest BCUT2D eigenvalue weighted by atomic mass is 16.2. The molecule has 1 aromatic carbocycles. The Morgan fingerprint density at radius 2 is 2.08 bits per heavy atom. The van der Waals surface area contributed by atoms with E-state index in [1.165, 1.54) is 11.1 Å². The van der Waals surface area contributed by atoms with Gasteiger partial charge in [-0.3, -0.25) is 4.79 Å². The maximum Gasteiger partial charge on any atom is 0.240 e. The molecule has 1 aliphatic heterocycles. The van der Waals surface area contributed by atoms with E-state index in [0.717, 1.165) is 6.42 Å². The van der Waals surface area contributed by atoms with E-state index in [2.05, 4.69) is 54.3 Å². The largest absolute Gasteiger partial charge is 0.344 e. The number of rotatable bonds is 5. The third kappa shape index (κ3) is 3.37. The molecule has 0 bridgehead atoms. The minimum absolute atomic E-state index is 0.104. The van der Waals surface area contributed by atoms with Crippen LogP contribution < -0.4 is 16.2 Å². The van der Waals surface area contributed by atoms with Crippen LogP contribution in [-0.2, 0) is 4.79 Å². The van der Waals surface area contributed by atoms with Crippen LogP contribution in [0.2, 0.25) is 0 Å². The number of nitrogens with zero attached hydrogens (tertiary/aromatic N) is 2. The Kier molecular flexibility index (Phi) is 4.74. The number of hydrogen-bond donors (Lipinski definition) is 3. The quantitative estimate of drug-likeness (QED) is 0.557. The molecule has 128 valence electrons. The van der Waals surface area contributed by atoms with Crippen LogP contribution in [0.5, 0.6) is 0 Å². The maximum absolute atomic E-state index is 12.6. The van der Waals surface area contributed by atoms with Gasteiger partial charge < -0.3 is 10.2 Å². The zero-order valence-electron chi connectivity index (χ0n) is 14.4. The van der Waals surface area contributed by atoms with Gasteiger partial charge in [0.15, 0.2) is 6.19 Å². The first-order chi connectivity index (χ1) is 11.5. The van der Waals surface area contributed by atoms with Crippen molar-refractivity contribution in [2.75, 3.05) is 13.6 Å². The molecular weight excluding hydrogens is 302 g/mol. The van der Waals surface area contributed by atoms with E-state index in [1.54, 1.807) is 4.90 Å². The van der Waals surface area contributed by atoms with Crippen LogP contribution in [0.15, 0.2) is 24.3 Å². The van der Waals surface area contributed by atoms with Crippen LogP contribution in [0, 0.1) is 30.2 Å². The van der Waals surface area contributed by atoms with E-state index >= 15 is 0 Å². The molecule has 1 saturated heterocycles. The molecule has 0 spiro atoms. The fourth-order valence-corrected chi connectivity index (χ4v) is 3.55. The number of carbonyl (C=O) groups excluding carboxylic acids is 1. The molecule has 5 unspecified atom stereocenters. The summed E-state index contributed by atoms with van der Waals surface area (Å²) < 4.78 is 0. The van der Waals surface area contributed by atoms with E-state index in [4.69, 9.17) is 5.26 Å². The van der Waals surface area contributed by atoms with Gasteiger partial charge in [-0.2, -0.15) is 5.26 Å². The molecule has 5 atom stereocenters. The molecule has 2 fully saturated rings. The lowest BCUT2D eigenvalue weighted by molar-refractivity contribution is -0.132. The minimum atomic E-state index is -0.210. The second-order valence-corrected chi connectivity index (χ2v) is 7.06. The topological polar surface area (TPSA) is 80.2 Å². The molecule has 3 rings (SSSR count). The van der Waals surface area contributed by atoms with Crippen molar-refractivity contribution in [2.24, 2.45) is 11.8 Å². The zero-order valence-corrected chi connectivity index (χ0v) is 14.4. The van der Waals surface area contributed by atoms with Crippen molar-refractivity contribution < 1.29 is 4.79 Å². The molecule has 1 amide bonds. The highest BCUT2D eigenvalue weighted by Gasteiger charge is 2.48. The van der Waals surface area contributed by atoms with E-state index in [9.17, 15) is 4.79 Å². The van der Waals surface area contributed by atoms with Crippen molar-refractivity contribution in [3.8, 4) is 6.19 Å². The van der Waals surface area contributed by atoms with Gasteiger partial charge in [0, 0.05) is 31.6 Å². The lowest BCUT2D eigenvalue weighted by Gasteiger charge is -2.21. The number of hydrazine groups is 1. The van der Waals surface area contributed by atoms with E-state index in [0.29, 0.717) is 18.4 Å². The Bertz CT molecular complexity index is 638. The molecule has 0 radical (unpaired) electrons. The van der Waals surface area contributed by atoms with E-state index < -0.39 is 0 Å². The summed E-state index contributed by atoms with van der Waals surface area (Å²) in [4.78, 5) is 14.4. The van der Waals surface area contributed by atoms with Crippen LogP contribution in [0.3, 0.4) is 0 Å². The molecule has 1 aliphatic carbocycles. The molecular formula is C18H25N5O. The predicted molar refractivity (Wildman–Crippen MR) is 91.4 cm³/mol. The summed E-state index contributed by atoms with van der Waals surface area (Å²) in [5.74, 6) is 0.905. The summed E-state index contributed by atoms with van der Waals surface area (Å²) in [5.41, 5.74) is 8.79. The number of amides is 1. The smallest absolute Gasteiger partial charge is 0.240 e. The summed E-state index contributed by atoms with van der Waals surface area (Å²) in [7, 11) is 1.84. The molecule has 0 aromatic heterocycles. The van der Waals surface area contributed by atoms with E-state index in [1.807, 2.05) is 13.2 Å². The molecule has 6 heteroatoms. The highest BCUT2D eigenvalue weighted by molar-refractivity contribution is 5.82. The minimum Gasteiger partial charge on any atom is -0.344 e. The molecule has 6 nitrogen and oxygen atoms in total. The lowest BCUT2D eigenvalue weighted by Crippen LogP contribution is -2.45. The number of likely N-dealkylation sites (N-methyl/N-ethyl adjacent to an activating group) is 1. The molecule has 1 aromatic rings. The number of hydrogen-bond acceptors (Lipinski definition) is 5. The standard InChI is InChI=1S/C18H25N5O/c1-11-4-6-13(7-5-11)15-8-16(22-21-15)18(24)23(3)9-14-12(2)17(14)20-10-19/h4-7,12,14-17,20-22H,8-9H2,1-3H3. The molecule has 1 heterocycles. The summed E-state index contributed by atoms with van der Waals surface area (Å²) in [5, 5.41) is 11.5. The SMILES string of the molecule is Cc1ccc(C2CC(C(=O)N(C)CC3C(C)C3NC#N)NN2)cc1. The van der Waals surface area contributed by atoms with Gasteiger partial charge in [0.1, 0.15) is 6.04 Å². The Morgan fingerprint density at radius 1 is 1.38 bits per heavy atom. The van der Waals surface area contributed by atoms with Gasteiger partial charge in [-0.15, -0.1) is 0 Å². The Labute approximate surface area is 143 Å². The lowest BCUT2D eigenvalue weighted by atomic mass is 10.0. The Morgan fingerprint density at radius 3 is 2.75 bits per heavy atom. The van der Waals surface area contributed by atoms with Crippen molar-refractivity contribution in [3.05, 3.63) is 35.4 Å². The summed E-state index contributed by atoms with van der Waals surface area (Å²) in [6.07, 6.45) is 2.74. The first kappa shape index (κ1) is 16.7. The van der Waals surface area contributed by atoms with Gasteiger partial charge >= 0.3 is 0 Å². The normalized spacial score (nSPS) is 31.3. The van der Waals surface area contributed by atoms with Gasteiger partial charge in [-0.05, 0) is 24.8 Å². The molecule has 1 saturated carbocycles. The second kappa shape index (κ2) is 6.80. The molecule has 2 aliphatic rings. The number of carbonyl (C=O) groups is 1. The van der Waals surface area contributed by atoms with Crippen LogP contribution >= 0.6 is 0 Å². The van der Waals surface area contributed by atoms with Crippen LogP contribution in [0.1, 0.15) is 30.5 Å². The van der Waals surface area contributed by atoms with Gasteiger partial charge in [0.25, 0.3) is 0 Å². The number of aryl methyl sites for hydroxylation is 1. The third-order valence-corrected chi connectivity index (χ3v) is 5.34. The summed E-state index contributed by atoms with van der Waals surface area (Å²) in [6, 6.07) is 8.55. The summed E-state index contributed by atoms with van der Waals surface area (Å²) in [6.45, 7) is 4.87. The highest BCUT2D eigenvalue weighted by Crippen LogP contribution is 2.39. The Hall–Kier alpha value is -2.10. The second-order valence-electron chi connectivity index (χ2n) is 7.06. The monoisotopic (exact) mass is 327 g/mol. The molecule has 3 N–H and O–H groups in total. The fourth-order valence-electron chi connectivity index (χ4n) is 3.55. The summed E-state index contributed by atoms with van der Waals surface area (Å²) >= 11 is 0. The van der Waals surface area contributed by atoms with E-state index in [-0.39, 0.29) is 24.0 Å². The van der Waals surface area contributed by atoms with Crippen LogP contribution in [0.4, 0.5) is 0 Å². The van der Waals surface area contributed by atoms with Crippen LogP contribution in [-0.4, -0.2) is 36.5 Å². The first-order valence-corrected chi connectivity index (χ1v) is 8.48. The number of nitrogens with one attached hydrogen (secondary N) is 3. The van der Waals surface area contributed by atoms with Crippen molar-refractivity contribution in [1.82, 2.24) is 21.1 Å². The Balaban J connectivity index is 1.53. The third-order valence-electron chi connectivity index (χ3n) is 5.34. The van der Waals surface area contributed by atoms with Gasteiger partial charge in [-0.25, -0.2) is 10.9 Å². The van der Waals surface area contributed by atoms with Gasteiger partial charge in [0.2, 0.25) is 5.91 Å². The van der Waals surface area contributed by atoms with Crippen LogP contribution in [0.25, 0.3) is 0 Å². The predicted octanol–water partition coefficient (Wildman–Crippen LogP) is 1.07. The zero-order chi connectivity index (χ0) is 17.3. The molecule has 24 heavy (non-hydrogen) atoms. The first-order valence-electron chi connectivity index (χ1n) is 8.48. The number of nitriles is 1. The average Bonchev–Trinajstić information content (AvgIpc) is 3.00. The number of benzene rings is 1. The van der Waals surface area contributed by atoms with Crippen molar-refractivity contribution >= 4 is 5.91 Å². The van der Waals surface area contributed by atoms with Gasteiger partial charge in [0.05, 0.1) is 0 Å². The van der Waals surface area contributed by atoms with Crippen molar-refractivity contribution in [3.63, 3.8) is 0 Å².